The zero-order valence-electron chi connectivity index (χ0n) is 10.8. The number of hydrogen-bond donors (Lipinski definition) is 1. The molecule has 1 rings (SSSR count). The van der Waals surface area contributed by atoms with Crippen LogP contribution in [0.1, 0.15) is 52.9 Å². The molecule has 15 heavy (non-hydrogen) atoms. The highest BCUT2D eigenvalue weighted by atomic mass is 16.5. The van der Waals surface area contributed by atoms with E-state index < -0.39 is 0 Å². The molecule has 0 amide bonds. The summed E-state index contributed by atoms with van der Waals surface area (Å²) in [4.78, 5) is 0. The van der Waals surface area contributed by atoms with Crippen molar-refractivity contribution in [1.82, 2.24) is 0 Å². The molecule has 0 aliphatic heterocycles. The van der Waals surface area contributed by atoms with E-state index in [1.807, 2.05) is 7.11 Å². The predicted octanol–water partition coefficient (Wildman–Crippen LogP) is 2.96. The molecule has 2 N–H and O–H groups in total. The van der Waals surface area contributed by atoms with Crippen molar-refractivity contribution < 1.29 is 4.74 Å². The molecule has 0 aromatic rings. The summed E-state index contributed by atoms with van der Waals surface area (Å²) in [5.74, 6) is 0.846. The number of rotatable bonds is 3. The van der Waals surface area contributed by atoms with Gasteiger partial charge < -0.3 is 10.5 Å². The van der Waals surface area contributed by atoms with Gasteiger partial charge in [0.1, 0.15) is 0 Å². The summed E-state index contributed by atoms with van der Waals surface area (Å²) in [6, 6.07) is 0. The first-order valence-electron chi connectivity index (χ1n) is 6.19. The highest BCUT2D eigenvalue weighted by molar-refractivity contribution is 4.90. The predicted molar refractivity (Wildman–Crippen MR) is 64.8 cm³/mol. The van der Waals surface area contributed by atoms with Crippen LogP contribution in [0.4, 0.5) is 0 Å². The van der Waals surface area contributed by atoms with E-state index >= 15 is 0 Å². The van der Waals surface area contributed by atoms with Gasteiger partial charge in [-0.3, -0.25) is 0 Å². The van der Waals surface area contributed by atoms with E-state index in [0.717, 1.165) is 18.9 Å². The van der Waals surface area contributed by atoms with Crippen molar-refractivity contribution in [2.75, 3.05) is 13.7 Å². The van der Waals surface area contributed by atoms with Gasteiger partial charge in [0.2, 0.25) is 0 Å². The molecular formula is C13H27NO. The molecule has 0 unspecified atom stereocenters. The van der Waals surface area contributed by atoms with Gasteiger partial charge in [-0.25, -0.2) is 0 Å². The molecule has 0 bridgehead atoms. The van der Waals surface area contributed by atoms with E-state index in [2.05, 4.69) is 20.8 Å². The van der Waals surface area contributed by atoms with Crippen LogP contribution in [-0.4, -0.2) is 19.3 Å². The zero-order chi connectivity index (χ0) is 11.5. The second-order valence-electron chi connectivity index (χ2n) is 6.07. The van der Waals surface area contributed by atoms with E-state index in [-0.39, 0.29) is 5.60 Å². The lowest BCUT2D eigenvalue weighted by Gasteiger charge is -2.43. The van der Waals surface area contributed by atoms with E-state index in [4.69, 9.17) is 10.5 Å². The molecule has 1 aliphatic carbocycles. The lowest BCUT2D eigenvalue weighted by atomic mass is 9.67. The summed E-state index contributed by atoms with van der Waals surface area (Å²) in [5.41, 5.74) is 6.20. The van der Waals surface area contributed by atoms with Crippen molar-refractivity contribution >= 4 is 0 Å². The van der Waals surface area contributed by atoms with Crippen molar-refractivity contribution in [2.24, 2.45) is 17.1 Å². The Morgan fingerprint density at radius 2 is 1.80 bits per heavy atom. The maximum Gasteiger partial charge on any atom is 0.0691 e. The Morgan fingerprint density at radius 1 is 1.27 bits per heavy atom. The Labute approximate surface area is 94.6 Å². The Kier molecular flexibility index (Phi) is 4.19. The van der Waals surface area contributed by atoms with E-state index in [9.17, 15) is 0 Å². The van der Waals surface area contributed by atoms with Gasteiger partial charge in [0.25, 0.3) is 0 Å². The number of hydrogen-bond acceptors (Lipinski definition) is 2. The van der Waals surface area contributed by atoms with Gasteiger partial charge >= 0.3 is 0 Å². The second-order valence-corrected chi connectivity index (χ2v) is 6.07. The van der Waals surface area contributed by atoms with Crippen LogP contribution >= 0.6 is 0 Å². The molecule has 0 aromatic heterocycles. The SMILES string of the molecule is COC1(CCN)CCC(C(C)(C)C)CC1. The van der Waals surface area contributed by atoms with Gasteiger partial charge in [0, 0.05) is 7.11 Å². The van der Waals surface area contributed by atoms with Gasteiger partial charge in [-0.05, 0) is 50.0 Å². The molecular weight excluding hydrogens is 186 g/mol. The Morgan fingerprint density at radius 3 is 2.13 bits per heavy atom. The van der Waals surface area contributed by atoms with Gasteiger partial charge in [0.15, 0.2) is 0 Å². The number of ether oxygens (including phenoxy) is 1. The standard InChI is InChI=1S/C13H27NO/c1-12(2,3)11-5-7-13(15-4,8-6-11)9-10-14/h11H,5-10,14H2,1-4H3. The lowest BCUT2D eigenvalue weighted by Crippen LogP contribution is -2.40. The van der Waals surface area contributed by atoms with Gasteiger partial charge in [0.05, 0.1) is 5.60 Å². The first kappa shape index (κ1) is 13.0. The maximum atomic E-state index is 5.70. The van der Waals surface area contributed by atoms with E-state index in [1.165, 1.54) is 25.7 Å². The normalized spacial score (nSPS) is 33.0. The smallest absolute Gasteiger partial charge is 0.0691 e. The molecule has 0 aromatic carbocycles. The fraction of sp³-hybridized carbons (Fsp3) is 1.00. The average Bonchev–Trinajstić information content (AvgIpc) is 2.17. The minimum atomic E-state index is 0.0938. The summed E-state index contributed by atoms with van der Waals surface area (Å²) in [6.45, 7) is 7.79. The molecule has 0 spiro atoms. The van der Waals surface area contributed by atoms with Crippen LogP contribution in [-0.2, 0) is 4.74 Å². The van der Waals surface area contributed by atoms with Crippen molar-refractivity contribution in [2.45, 2.75) is 58.5 Å². The summed E-state index contributed by atoms with van der Waals surface area (Å²) < 4.78 is 5.70. The highest BCUT2D eigenvalue weighted by Crippen LogP contribution is 2.43. The minimum Gasteiger partial charge on any atom is -0.378 e. The van der Waals surface area contributed by atoms with Crippen LogP contribution in [0.5, 0.6) is 0 Å². The molecule has 0 radical (unpaired) electrons. The van der Waals surface area contributed by atoms with Crippen LogP contribution in [0.2, 0.25) is 0 Å². The second kappa shape index (κ2) is 4.84. The summed E-state index contributed by atoms with van der Waals surface area (Å²) in [6.07, 6.45) is 5.96. The maximum absolute atomic E-state index is 5.70. The Hall–Kier alpha value is -0.0800. The fourth-order valence-corrected chi connectivity index (χ4v) is 2.83. The lowest BCUT2D eigenvalue weighted by molar-refractivity contribution is -0.0635. The van der Waals surface area contributed by atoms with Crippen LogP contribution in [0.25, 0.3) is 0 Å². The van der Waals surface area contributed by atoms with Gasteiger partial charge in [-0.1, -0.05) is 20.8 Å². The third-order valence-electron chi connectivity index (χ3n) is 4.15. The van der Waals surface area contributed by atoms with Crippen molar-refractivity contribution in [3.8, 4) is 0 Å². The molecule has 2 nitrogen and oxygen atoms in total. The Balaban J connectivity index is 2.53. The van der Waals surface area contributed by atoms with Crippen LogP contribution in [0.3, 0.4) is 0 Å². The van der Waals surface area contributed by atoms with Crippen molar-refractivity contribution in [3.05, 3.63) is 0 Å². The molecule has 0 atom stereocenters. The van der Waals surface area contributed by atoms with Crippen LogP contribution < -0.4 is 5.73 Å². The fourth-order valence-electron chi connectivity index (χ4n) is 2.83. The van der Waals surface area contributed by atoms with E-state index in [0.29, 0.717) is 5.41 Å². The van der Waals surface area contributed by atoms with Crippen LogP contribution in [0.15, 0.2) is 0 Å². The third-order valence-corrected chi connectivity index (χ3v) is 4.15. The monoisotopic (exact) mass is 213 g/mol. The summed E-state index contributed by atoms with van der Waals surface area (Å²) in [7, 11) is 1.84. The number of methoxy groups -OCH3 is 1. The van der Waals surface area contributed by atoms with Crippen molar-refractivity contribution in [3.63, 3.8) is 0 Å². The zero-order valence-corrected chi connectivity index (χ0v) is 10.8. The summed E-state index contributed by atoms with van der Waals surface area (Å²) in [5, 5.41) is 0. The van der Waals surface area contributed by atoms with E-state index in [1.54, 1.807) is 0 Å². The first-order valence-corrected chi connectivity index (χ1v) is 6.19. The van der Waals surface area contributed by atoms with Crippen molar-refractivity contribution in [1.29, 1.82) is 0 Å². The number of nitrogens with two attached hydrogens (primary N) is 1. The van der Waals surface area contributed by atoms with Gasteiger partial charge in [-0.15, -0.1) is 0 Å². The molecule has 1 fully saturated rings. The Bertz CT molecular complexity index is 187. The first-order chi connectivity index (χ1) is 6.93. The molecule has 90 valence electrons. The van der Waals surface area contributed by atoms with Crippen LogP contribution in [0, 0.1) is 11.3 Å². The average molecular weight is 213 g/mol. The quantitative estimate of drug-likeness (QED) is 0.782. The molecule has 0 saturated heterocycles. The molecule has 1 aliphatic rings. The topological polar surface area (TPSA) is 35.2 Å². The molecule has 0 heterocycles. The largest absolute Gasteiger partial charge is 0.378 e. The summed E-state index contributed by atoms with van der Waals surface area (Å²) >= 11 is 0. The molecule has 2 heteroatoms. The highest BCUT2D eigenvalue weighted by Gasteiger charge is 2.38. The minimum absolute atomic E-state index is 0.0938. The van der Waals surface area contributed by atoms with Gasteiger partial charge in [-0.2, -0.15) is 0 Å². The molecule has 1 saturated carbocycles. The third kappa shape index (κ3) is 3.18.